The summed E-state index contributed by atoms with van der Waals surface area (Å²) in [4.78, 5) is 2.26. The number of benzene rings is 1. The van der Waals surface area contributed by atoms with Gasteiger partial charge in [0.1, 0.15) is 0 Å². The van der Waals surface area contributed by atoms with E-state index in [1.807, 2.05) is 6.07 Å². The highest BCUT2D eigenvalue weighted by Gasteiger charge is 2.05. The highest BCUT2D eigenvalue weighted by molar-refractivity contribution is 9.13. The van der Waals surface area contributed by atoms with Crippen molar-refractivity contribution < 1.29 is 5.11 Å². The van der Waals surface area contributed by atoms with Crippen LogP contribution in [0.1, 0.15) is 18.9 Å². The molecule has 0 aromatic heterocycles. The lowest BCUT2D eigenvalue weighted by atomic mass is 10.2. The van der Waals surface area contributed by atoms with Crippen molar-refractivity contribution in [3.05, 3.63) is 32.7 Å². The van der Waals surface area contributed by atoms with Crippen LogP contribution >= 0.6 is 31.9 Å². The molecule has 4 heteroatoms. The Morgan fingerprint density at radius 3 is 2.50 bits per heavy atom. The summed E-state index contributed by atoms with van der Waals surface area (Å²) in [5.74, 6) is 0. The summed E-state index contributed by atoms with van der Waals surface area (Å²) in [5, 5.41) is 8.98. The molecule has 0 spiro atoms. The fourth-order valence-corrected chi connectivity index (χ4v) is 2.30. The zero-order valence-corrected chi connectivity index (χ0v) is 12.6. The number of rotatable bonds is 6. The van der Waals surface area contributed by atoms with Gasteiger partial charge in [0.05, 0.1) is 6.61 Å². The van der Waals surface area contributed by atoms with E-state index in [9.17, 15) is 0 Å². The third-order valence-electron chi connectivity index (χ3n) is 2.35. The molecule has 0 fully saturated rings. The topological polar surface area (TPSA) is 23.5 Å². The van der Waals surface area contributed by atoms with Crippen LogP contribution in [0.4, 0.5) is 0 Å². The van der Waals surface area contributed by atoms with E-state index < -0.39 is 0 Å². The minimum Gasteiger partial charge on any atom is -0.395 e. The van der Waals surface area contributed by atoms with Crippen molar-refractivity contribution in [2.24, 2.45) is 0 Å². The molecular weight excluding hydrogens is 334 g/mol. The molecule has 0 radical (unpaired) electrons. The second-order valence-corrected chi connectivity index (χ2v) is 5.46. The first-order valence-electron chi connectivity index (χ1n) is 5.44. The highest BCUT2D eigenvalue weighted by atomic mass is 79.9. The van der Waals surface area contributed by atoms with Gasteiger partial charge in [-0.05, 0) is 62.5 Å². The average molecular weight is 351 g/mol. The molecule has 90 valence electrons. The molecule has 1 aromatic rings. The molecule has 0 bridgehead atoms. The van der Waals surface area contributed by atoms with Crippen molar-refractivity contribution in [2.75, 3.05) is 19.7 Å². The summed E-state index contributed by atoms with van der Waals surface area (Å²) in [6.07, 6.45) is 1.11. The Hall–Kier alpha value is 0.1000. The van der Waals surface area contributed by atoms with Gasteiger partial charge in [0.2, 0.25) is 0 Å². The molecule has 1 aromatic carbocycles. The third kappa shape index (κ3) is 4.53. The molecule has 0 saturated heterocycles. The number of aliphatic hydroxyl groups excluding tert-OH is 1. The molecule has 0 atom stereocenters. The van der Waals surface area contributed by atoms with Crippen molar-refractivity contribution in [3.8, 4) is 0 Å². The van der Waals surface area contributed by atoms with Gasteiger partial charge in [0, 0.05) is 22.0 Å². The van der Waals surface area contributed by atoms with Crippen LogP contribution in [-0.4, -0.2) is 29.7 Å². The highest BCUT2D eigenvalue weighted by Crippen LogP contribution is 2.24. The number of halogens is 2. The van der Waals surface area contributed by atoms with Gasteiger partial charge in [0.25, 0.3) is 0 Å². The van der Waals surface area contributed by atoms with Gasteiger partial charge in [-0.1, -0.05) is 13.0 Å². The van der Waals surface area contributed by atoms with Gasteiger partial charge in [-0.3, -0.25) is 4.90 Å². The number of hydrogen-bond acceptors (Lipinski definition) is 2. The largest absolute Gasteiger partial charge is 0.395 e. The second-order valence-electron chi connectivity index (χ2n) is 3.75. The van der Waals surface area contributed by atoms with Gasteiger partial charge in [-0.15, -0.1) is 0 Å². The van der Waals surface area contributed by atoms with Crippen LogP contribution in [0.15, 0.2) is 27.1 Å². The molecule has 0 aliphatic rings. The fraction of sp³-hybridized carbons (Fsp3) is 0.500. The predicted octanol–water partition coefficient (Wildman–Crippen LogP) is 3.42. The summed E-state index contributed by atoms with van der Waals surface area (Å²) in [5.41, 5.74) is 1.26. The van der Waals surface area contributed by atoms with E-state index in [-0.39, 0.29) is 6.61 Å². The van der Waals surface area contributed by atoms with Crippen molar-refractivity contribution in [1.82, 2.24) is 4.90 Å². The van der Waals surface area contributed by atoms with Gasteiger partial charge in [0.15, 0.2) is 0 Å². The smallest absolute Gasteiger partial charge is 0.0558 e. The maximum Gasteiger partial charge on any atom is 0.0558 e. The van der Waals surface area contributed by atoms with E-state index in [1.54, 1.807) is 0 Å². The van der Waals surface area contributed by atoms with Crippen LogP contribution in [0.5, 0.6) is 0 Å². The molecule has 0 aliphatic heterocycles. The Labute approximate surface area is 114 Å². The lowest BCUT2D eigenvalue weighted by molar-refractivity contribution is 0.190. The van der Waals surface area contributed by atoms with Crippen LogP contribution in [-0.2, 0) is 6.54 Å². The van der Waals surface area contributed by atoms with Crippen LogP contribution in [0.2, 0.25) is 0 Å². The van der Waals surface area contributed by atoms with E-state index in [4.69, 9.17) is 5.11 Å². The fourth-order valence-electron chi connectivity index (χ4n) is 1.62. The SMILES string of the molecule is CCCN(CCO)Cc1ccc(Br)c(Br)c1. The number of aliphatic hydroxyl groups is 1. The lowest BCUT2D eigenvalue weighted by Crippen LogP contribution is -2.27. The van der Waals surface area contributed by atoms with E-state index >= 15 is 0 Å². The summed E-state index contributed by atoms with van der Waals surface area (Å²) in [6, 6.07) is 6.27. The second kappa shape index (κ2) is 7.43. The number of hydrogen-bond donors (Lipinski definition) is 1. The van der Waals surface area contributed by atoms with Crippen LogP contribution < -0.4 is 0 Å². The van der Waals surface area contributed by atoms with Crippen LogP contribution in [0, 0.1) is 0 Å². The zero-order chi connectivity index (χ0) is 12.0. The van der Waals surface area contributed by atoms with Crippen LogP contribution in [0.25, 0.3) is 0 Å². The first-order chi connectivity index (χ1) is 7.67. The monoisotopic (exact) mass is 349 g/mol. The molecule has 1 N–H and O–H groups in total. The minimum absolute atomic E-state index is 0.220. The molecule has 0 heterocycles. The Balaban J connectivity index is 2.65. The first kappa shape index (κ1) is 14.2. The Kier molecular flexibility index (Phi) is 6.58. The van der Waals surface area contributed by atoms with E-state index in [1.165, 1.54) is 5.56 Å². The first-order valence-corrected chi connectivity index (χ1v) is 7.03. The Morgan fingerprint density at radius 2 is 1.94 bits per heavy atom. The lowest BCUT2D eigenvalue weighted by Gasteiger charge is -2.20. The summed E-state index contributed by atoms with van der Waals surface area (Å²) in [7, 11) is 0. The summed E-state index contributed by atoms with van der Waals surface area (Å²) >= 11 is 6.96. The Morgan fingerprint density at radius 1 is 1.19 bits per heavy atom. The summed E-state index contributed by atoms with van der Waals surface area (Å²) < 4.78 is 2.14. The molecular formula is C12H17Br2NO. The van der Waals surface area contributed by atoms with Crippen molar-refractivity contribution in [2.45, 2.75) is 19.9 Å². The number of nitrogens with zero attached hydrogens (tertiary/aromatic N) is 1. The van der Waals surface area contributed by atoms with Crippen LogP contribution in [0.3, 0.4) is 0 Å². The van der Waals surface area contributed by atoms with Gasteiger partial charge < -0.3 is 5.11 Å². The van der Waals surface area contributed by atoms with Gasteiger partial charge >= 0.3 is 0 Å². The maximum absolute atomic E-state index is 8.98. The minimum atomic E-state index is 0.220. The van der Waals surface area contributed by atoms with Crippen molar-refractivity contribution >= 4 is 31.9 Å². The molecule has 0 unspecified atom stereocenters. The molecule has 0 amide bonds. The molecule has 1 rings (SSSR count). The maximum atomic E-state index is 8.98. The standard InChI is InChI=1S/C12H17Br2NO/c1-2-5-15(6-7-16)9-10-3-4-11(13)12(14)8-10/h3-4,8,16H,2,5-7,9H2,1H3. The predicted molar refractivity (Wildman–Crippen MR) is 74.5 cm³/mol. The normalized spacial score (nSPS) is 11.1. The van der Waals surface area contributed by atoms with Gasteiger partial charge in [-0.25, -0.2) is 0 Å². The van der Waals surface area contributed by atoms with Crippen molar-refractivity contribution in [3.63, 3.8) is 0 Å². The third-order valence-corrected chi connectivity index (χ3v) is 4.23. The van der Waals surface area contributed by atoms with E-state index in [2.05, 4.69) is 55.8 Å². The Bertz CT molecular complexity index is 325. The van der Waals surface area contributed by atoms with Crippen molar-refractivity contribution in [1.29, 1.82) is 0 Å². The summed E-state index contributed by atoms with van der Waals surface area (Å²) in [6.45, 7) is 5.02. The van der Waals surface area contributed by atoms with E-state index in [0.717, 1.165) is 35.0 Å². The molecule has 16 heavy (non-hydrogen) atoms. The average Bonchev–Trinajstić information content (AvgIpc) is 2.24. The quantitative estimate of drug-likeness (QED) is 0.849. The van der Waals surface area contributed by atoms with Gasteiger partial charge in [-0.2, -0.15) is 0 Å². The molecule has 2 nitrogen and oxygen atoms in total. The molecule has 0 aliphatic carbocycles. The van der Waals surface area contributed by atoms with E-state index in [0.29, 0.717) is 0 Å². The zero-order valence-electron chi connectivity index (χ0n) is 9.42. The molecule has 0 saturated carbocycles.